The van der Waals surface area contributed by atoms with Crippen molar-refractivity contribution in [3.8, 4) is 6.07 Å². The zero-order chi connectivity index (χ0) is 18.8. The summed E-state index contributed by atoms with van der Waals surface area (Å²) in [6.07, 6.45) is -0.469. The third-order valence-electron chi connectivity index (χ3n) is 5.17. The van der Waals surface area contributed by atoms with Gasteiger partial charge in [0.05, 0.1) is 29.2 Å². The average Bonchev–Trinajstić information content (AvgIpc) is 3.28. The zero-order valence-corrected chi connectivity index (χ0v) is 14.9. The summed E-state index contributed by atoms with van der Waals surface area (Å²) in [7, 11) is 0. The average molecular weight is 372 g/mol. The third kappa shape index (κ3) is 3.80. The van der Waals surface area contributed by atoms with Crippen LogP contribution in [-0.4, -0.2) is 59.4 Å². The van der Waals surface area contributed by atoms with Gasteiger partial charge < -0.3 is 19.4 Å². The number of nitriles is 1. The molecule has 1 aromatic heterocycles. The Morgan fingerprint density at radius 3 is 3.00 bits per heavy atom. The van der Waals surface area contributed by atoms with Gasteiger partial charge in [0.15, 0.2) is 0 Å². The van der Waals surface area contributed by atoms with Crippen LogP contribution >= 0.6 is 0 Å². The van der Waals surface area contributed by atoms with Gasteiger partial charge >= 0.3 is 0 Å². The van der Waals surface area contributed by atoms with Crippen LogP contribution in [0.25, 0.3) is 11.0 Å². The fourth-order valence-electron chi connectivity index (χ4n) is 3.66. The van der Waals surface area contributed by atoms with Crippen LogP contribution in [0.1, 0.15) is 24.2 Å². The second-order valence-electron chi connectivity index (χ2n) is 7.02. The van der Waals surface area contributed by atoms with E-state index < -0.39 is 12.3 Å². The van der Waals surface area contributed by atoms with Crippen LogP contribution in [0.15, 0.2) is 18.2 Å². The molecule has 142 valence electrons. The fourth-order valence-corrected chi connectivity index (χ4v) is 3.66. The number of rotatable bonds is 4. The van der Waals surface area contributed by atoms with Crippen molar-refractivity contribution in [3.05, 3.63) is 29.6 Å². The number of imidazole rings is 1. The number of fused-ring (bicyclic) bond motifs is 1. The number of carbonyl (C=O) groups excluding carboxylic acids is 1. The monoisotopic (exact) mass is 372 g/mol. The maximum Gasteiger partial charge on any atom is 0.226 e. The van der Waals surface area contributed by atoms with E-state index >= 15 is 0 Å². The normalized spacial score (nSPS) is 23.6. The highest BCUT2D eigenvalue weighted by Crippen LogP contribution is 2.24. The van der Waals surface area contributed by atoms with E-state index in [1.54, 1.807) is 23.1 Å². The molecule has 1 N–H and O–H groups in total. The van der Waals surface area contributed by atoms with Crippen molar-refractivity contribution in [1.29, 1.82) is 5.26 Å². The number of ether oxygens (including phenoxy) is 2. The van der Waals surface area contributed by atoms with Gasteiger partial charge in [-0.3, -0.25) is 4.79 Å². The van der Waals surface area contributed by atoms with Gasteiger partial charge in [-0.25, -0.2) is 9.37 Å². The van der Waals surface area contributed by atoms with Crippen LogP contribution in [0, 0.1) is 17.2 Å². The van der Waals surface area contributed by atoms with Gasteiger partial charge in [-0.1, -0.05) is 0 Å². The predicted molar refractivity (Wildman–Crippen MR) is 94.4 cm³/mol. The van der Waals surface area contributed by atoms with Gasteiger partial charge in [-0.15, -0.1) is 0 Å². The molecule has 2 aromatic rings. The Morgan fingerprint density at radius 2 is 2.22 bits per heavy atom. The Morgan fingerprint density at radius 1 is 1.41 bits per heavy atom. The maximum absolute atomic E-state index is 14.4. The molecule has 0 bridgehead atoms. The van der Waals surface area contributed by atoms with Crippen molar-refractivity contribution in [3.63, 3.8) is 0 Å². The van der Waals surface area contributed by atoms with E-state index in [9.17, 15) is 9.18 Å². The minimum absolute atomic E-state index is 0.000167. The van der Waals surface area contributed by atoms with Crippen molar-refractivity contribution in [2.75, 3.05) is 26.3 Å². The van der Waals surface area contributed by atoms with Gasteiger partial charge in [0.1, 0.15) is 24.7 Å². The van der Waals surface area contributed by atoms with Crippen molar-refractivity contribution < 1.29 is 18.7 Å². The molecule has 0 saturated carbocycles. The summed E-state index contributed by atoms with van der Waals surface area (Å²) in [5.41, 5.74) is 2.01. The molecule has 7 nitrogen and oxygen atoms in total. The van der Waals surface area contributed by atoms with Gasteiger partial charge in [0.25, 0.3) is 0 Å². The number of amides is 1. The lowest BCUT2D eigenvalue weighted by Crippen LogP contribution is -2.37. The molecule has 4 rings (SSSR count). The predicted octanol–water partition coefficient (Wildman–Crippen LogP) is 1.93. The second kappa shape index (κ2) is 7.62. The third-order valence-corrected chi connectivity index (χ3v) is 5.17. The van der Waals surface area contributed by atoms with E-state index in [2.05, 4.69) is 16.0 Å². The lowest BCUT2D eigenvalue weighted by atomic mass is 9.99. The summed E-state index contributed by atoms with van der Waals surface area (Å²) in [5, 5.41) is 8.95. The minimum atomic E-state index is -1.21. The van der Waals surface area contributed by atoms with Crippen LogP contribution in [-0.2, 0) is 20.9 Å². The first kappa shape index (κ1) is 17.9. The van der Waals surface area contributed by atoms with Crippen LogP contribution in [0.3, 0.4) is 0 Å². The Kier molecular flexibility index (Phi) is 5.05. The number of nitrogens with zero attached hydrogens (tertiary/aromatic N) is 3. The smallest absolute Gasteiger partial charge is 0.226 e. The Labute approximate surface area is 156 Å². The Balaban J connectivity index is 1.35. The van der Waals surface area contributed by atoms with Gasteiger partial charge in [0, 0.05) is 25.7 Å². The molecule has 2 atom stereocenters. The van der Waals surface area contributed by atoms with E-state index in [4.69, 9.17) is 14.7 Å². The number of hydrogen-bond donors (Lipinski definition) is 1. The van der Waals surface area contributed by atoms with Crippen LogP contribution < -0.4 is 0 Å². The number of halogens is 1. The summed E-state index contributed by atoms with van der Waals surface area (Å²) in [5.74, 6) is 0.496. The molecule has 2 unspecified atom stereocenters. The standard InChI is InChI=1S/C19H21FN4O3/c20-14-9-24(19(25)13-3-5-26-6-4-13)10-17(14)27-11-18-22-15-2-1-12(8-21)7-16(15)23-18/h1-2,7,13-14,17H,3-6,9-11H2,(H,22,23). The molecule has 2 saturated heterocycles. The molecular weight excluding hydrogens is 351 g/mol. The molecule has 2 aliphatic heterocycles. The van der Waals surface area contributed by atoms with Crippen molar-refractivity contribution >= 4 is 16.9 Å². The first-order chi connectivity index (χ1) is 13.1. The highest BCUT2D eigenvalue weighted by Gasteiger charge is 2.38. The number of H-pyrrole nitrogens is 1. The first-order valence-electron chi connectivity index (χ1n) is 9.15. The summed E-state index contributed by atoms with van der Waals surface area (Å²) < 4.78 is 25.3. The molecular formula is C19H21FN4O3. The van der Waals surface area contributed by atoms with Crippen LogP contribution in [0.4, 0.5) is 4.39 Å². The molecule has 2 fully saturated rings. The van der Waals surface area contributed by atoms with Crippen molar-refractivity contribution in [2.24, 2.45) is 5.92 Å². The quantitative estimate of drug-likeness (QED) is 0.885. The molecule has 0 spiro atoms. The molecule has 0 radical (unpaired) electrons. The molecule has 27 heavy (non-hydrogen) atoms. The highest BCUT2D eigenvalue weighted by molar-refractivity contribution is 5.79. The van der Waals surface area contributed by atoms with Gasteiger partial charge in [-0.05, 0) is 31.0 Å². The number of nitrogens with one attached hydrogen (secondary N) is 1. The SMILES string of the molecule is N#Cc1ccc2nc(COC3CN(C(=O)C4CCOCC4)CC3F)[nH]c2c1. The molecule has 1 aromatic carbocycles. The van der Waals surface area contributed by atoms with E-state index in [1.165, 1.54) is 0 Å². The van der Waals surface area contributed by atoms with Crippen LogP contribution in [0.5, 0.6) is 0 Å². The van der Waals surface area contributed by atoms with E-state index in [1.807, 2.05) is 0 Å². The van der Waals surface area contributed by atoms with E-state index in [-0.39, 0.29) is 31.5 Å². The maximum atomic E-state index is 14.4. The van der Waals surface area contributed by atoms with Crippen molar-refractivity contribution in [1.82, 2.24) is 14.9 Å². The Bertz CT molecular complexity index is 871. The van der Waals surface area contributed by atoms with Crippen molar-refractivity contribution in [2.45, 2.75) is 31.7 Å². The highest BCUT2D eigenvalue weighted by atomic mass is 19.1. The number of carbonyl (C=O) groups is 1. The lowest BCUT2D eigenvalue weighted by molar-refractivity contribution is -0.138. The summed E-state index contributed by atoms with van der Waals surface area (Å²) >= 11 is 0. The van der Waals surface area contributed by atoms with Crippen LogP contribution in [0.2, 0.25) is 0 Å². The van der Waals surface area contributed by atoms with Gasteiger partial charge in [0.2, 0.25) is 5.91 Å². The topological polar surface area (TPSA) is 91.2 Å². The van der Waals surface area contributed by atoms with E-state index in [0.29, 0.717) is 37.4 Å². The molecule has 0 aliphatic carbocycles. The lowest BCUT2D eigenvalue weighted by Gasteiger charge is -2.26. The number of benzene rings is 1. The minimum Gasteiger partial charge on any atom is -0.381 e. The number of hydrogen-bond acceptors (Lipinski definition) is 5. The summed E-state index contributed by atoms with van der Waals surface area (Å²) in [6, 6.07) is 7.25. The number of likely N-dealkylation sites (tertiary alicyclic amines) is 1. The fraction of sp³-hybridized carbons (Fsp3) is 0.526. The largest absolute Gasteiger partial charge is 0.381 e. The summed E-state index contributed by atoms with van der Waals surface area (Å²) in [6.45, 7) is 1.63. The summed E-state index contributed by atoms with van der Waals surface area (Å²) in [4.78, 5) is 21.6. The number of alkyl halides is 1. The van der Waals surface area contributed by atoms with E-state index in [0.717, 1.165) is 11.0 Å². The Hall–Kier alpha value is -2.50. The second-order valence-corrected chi connectivity index (χ2v) is 7.02. The number of aromatic amines is 1. The molecule has 2 aliphatic rings. The molecule has 1 amide bonds. The number of aromatic nitrogens is 2. The molecule has 8 heteroatoms. The molecule has 3 heterocycles. The zero-order valence-electron chi connectivity index (χ0n) is 14.9. The van der Waals surface area contributed by atoms with Gasteiger partial charge in [-0.2, -0.15) is 5.26 Å². The first-order valence-corrected chi connectivity index (χ1v) is 9.15.